The van der Waals surface area contributed by atoms with Crippen LogP contribution in [0.1, 0.15) is 26.5 Å². The van der Waals surface area contributed by atoms with E-state index in [1.54, 1.807) is 23.7 Å². The molecule has 2 aromatic rings. The van der Waals surface area contributed by atoms with Crippen LogP contribution in [-0.2, 0) is 7.05 Å². The number of hydrogen-bond donors (Lipinski definition) is 2. The van der Waals surface area contributed by atoms with Gasteiger partial charge in [-0.3, -0.25) is 4.79 Å². The first kappa shape index (κ1) is 15.4. The molecule has 0 bridgehead atoms. The van der Waals surface area contributed by atoms with E-state index < -0.39 is 11.9 Å². The maximum absolute atomic E-state index is 12.2. The van der Waals surface area contributed by atoms with Crippen LogP contribution in [-0.4, -0.2) is 21.6 Å². The summed E-state index contributed by atoms with van der Waals surface area (Å²) in [5, 5.41) is 12.0. The number of benzene rings is 1. The number of anilines is 1. The predicted molar refractivity (Wildman–Crippen MR) is 81.5 cm³/mol. The third-order valence-electron chi connectivity index (χ3n) is 3.13. The molecule has 21 heavy (non-hydrogen) atoms. The van der Waals surface area contributed by atoms with Gasteiger partial charge in [0.15, 0.2) is 0 Å². The minimum Gasteiger partial charge on any atom is -0.478 e. The number of carboxylic acids is 1. The Morgan fingerprint density at radius 3 is 2.43 bits per heavy atom. The Morgan fingerprint density at radius 1 is 1.24 bits per heavy atom. The third kappa shape index (κ3) is 3.04. The Morgan fingerprint density at radius 2 is 1.90 bits per heavy atom. The zero-order valence-electron chi connectivity index (χ0n) is 11.3. The van der Waals surface area contributed by atoms with Gasteiger partial charge in [-0.2, -0.15) is 0 Å². The Balaban J connectivity index is 2.42. The first-order chi connectivity index (χ1) is 9.81. The molecule has 1 aromatic carbocycles. The number of carbonyl (C=O) groups is 2. The van der Waals surface area contributed by atoms with Crippen LogP contribution in [0.15, 0.2) is 24.3 Å². The number of aryl methyl sites for hydroxylation is 1. The summed E-state index contributed by atoms with van der Waals surface area (Å²) in [6.45, 7) is 1.86. The molecule has 7 heteroatoms. The molecule has 0 atom stereocenters. The number of amides is 1. The van der Waals surface area contributed by atoms with Gasteiger partial charge >= 0.3 is 5.97 Å². The second-order valence-electron chi connectivity index (χ2n) is 4.49. The summed E-state index contributed by atoms with van der Waals surface area (Å²) in [5.74, 6) is -1.67. The highest BCUT2D eigenvalue weighted by Crippen LogP contribution is 2.30. The molecule has 0 saturated heterocycles. The molecule has 0 aliphatic carbocycles. The summed E-state index contributed by atoms with van der Waals surface area (Å²) in [6, 6.07) is 6.05. The van der Waals surface area contributed by atoms with Gasteiger partial charge in [0.1, 0.15) is 5.69 Å². The van der Waals surface area contributed by atoms with E-state index in [2.05, 4.69) is 5.32 Å². The lowest BCUT2D eigenvalue weighted by molar-refractivity contribution is 0.0698. The molecule has 1 aromatic heterocycles. The topological polar surface area (TPSA) is 71.3 Å². The van der Waals surface area contributed by atoms with E-state index in [4.69, 9.17) is 23.2 Å². The number of carbonyl (C=O) groups excluding carboxylic acids is 1. The average Bonchev–Trinajstić information content (AvgIpc) is 2.72. The van der Waals surface area contributed by atoms with Gasteiger partial charge in [-0.1, -0.05) is 23.2 Å². The van der Waals surface area contributed by atoms with E-state index in [9.17, 15) is 14.7 Å². The molecular formula is C14H12Cl2N2O3. The zero-order valence-corrected chi connectivity index (χ0v) is 12.8. The first-order valence-electron chi connectivity index (χ1n) is 5.97. The van der Waals surface area contributed by atoms with Crippen LogP contribution in [0.5, 0.6) is 0 Å². The SMILES string of the molecule is Cc1ccc(C(=O)Nc2c(Cl)cc(Cl)cc2C(=O)O)n1C. The maximum Gasteiger partial charge on any atom is 0.337 e. The van der Waals surface area contributed by atoms with Crippen molar-refractivity contribution in [3.63, 3.8) is 0 Å². The summed E-state index contributed by atoms with van der Waals surface area (Å²) in [6.07, 6.45) is 0. The third-order valence-corrected chi connectivity index (χ3v) is 3.65. The number of halogens is 2. The number of aromatic carboxylic acids is 1. The molecule has 1 amide bonds. The molecule has 0 spiro atoms. The average molecular weight is 327 g/mol. The van der Waals surface area contributed by atoms with Crippen molar-refractivity contribution in [1.82, 2.24) is 4.57 Å². The van der Waals surface area contributed by atoms with Gasteiger partial charge in [0, 0.05) is 17.8 Å². The quantitative estimate of drug-likeness (QED) is 0.905. The van der Waals surface area contributed by atoms with Gasteiger partial charge < -0.3 is 15.0 Å². The standard InChI is InChI=1S/C14H12Cl2N2O3/c1-7-3-4-11(18(7)2)13(19)17-12-9(14(20)21)5-8(15)6-10(12)16/h3-6H,1-2H3,(H,17,19)(H,20,21). The molecule has 0 aliphatic rings. The zero-order chi connectivity index (χ0) is 15.7. The van der Waals surface area contributed by atoms with Gasteiger partial charge in [-0.25, -0.2) is 4.79 Å². The molecule has 2 rings (SSSR count). The molecule has 0 radical (unpaired) electrons. The largest absolute Gasteiger partial charge is 0.478 e. The van der Waals surface area contributed by atoms with Crippen LogP contribution in [0.2, 0.25) is 10.0 Å². The molecule has 2 N–H and O–H groups in total. The van der Waals surface area contributed by atoms with Gasteiger partial charge in [0.05, 0.1) is 16.3 Å². The Labute approximate surface area is 131 Å². The molecule has 0 unspecified atom stereocenters. The van der Waals surface area contributed by atoms with Gasteiger partial charge in [-0.15, -0.1) is 0 Å². The summed E-state index contributed by atoms with van der Waals surface area (Å²) in [7, 11) is 1.74. The Hall–Kier alpha value is -1.98. The van der Waals surface area contributed by atoms with Gasteiger partial charge in [0.2, 0.25) is 0 Å². The van der Waals surface area contributed by atoms with Crippen LogP contribution in [0, 0.1) is 6.92 Å². The fourth-order valence-electron chi connectivity index (χ4n) is 1.89. The van der Waals surface area contributed by atoms with E-state index in [1.165, 1.54) is 12.1 Å². The fraction of sp³-hybridized carbons (Fsp3) is 0.143. The summed E-state index contributed by atoms with van der Waals surface area (Å²) >= 11 is 11.8. The van der Waals surface area contributed by atoms with E-state index in [-0.39, 0.29) is 21.3 Å². The van der Waals surface area contributed by atoms with Crippen LogP contribution in [0.4, 0.5) is 5.69 Å². The molecule has 0 fully saturated rings. The lowest BCUT2D eigenvalue weighted by atomic mass is 10.1. The van der Waals surface area contributed by atoms with E-state index in [1.807, 2.05) is 6.92 Å². The van der Waals surface area contributed by atoms with Crippen molar-refractivity contribution in [1.29, 1.82) is 0 Å². The minimum atomic E-state index is -1.22. The second kappa shape index (κ2) is 5.79. The molecule has 1 heterocycles. The van der Waals surface area contributed by atoms with E-state index in [0.717, 1.165) is 5.69 Å². The predicted octanol–water partition coefficient (Wildman–Crippen LogP) is 3.59. The fourth-order valence-corrected chi connectivity index (χ4v) is 2.43. The van der Waals surface area contributed by atoms with Crippen LogP contribution < -0.4 is 5.32 Å². The monoisotopic (exact) mass is 326 g/mol. The first-order valence-corrected chi connectivity index (χ1v) is 6.73. The van der Waals surface area contributed by atoms with Crippen LogP contribution >= 0.6 is 23.2 Å². The molecule has 0 saturated carbocycles. The summed E-state index contributed by atoms with van der Waals surface area (Å²) in [5.41, 5.74) is 1.17. The van der Waals surface area contributed by atoms with Crippen molar-refractivity contribution < 1.29 is 14.7 Å². The normalized spacial score (nSPS) is 10.5. The van der Waals surface area contributed by atoms with Crippen molar-refractivity contribution in [2.75, 3.05) is 5.32 Å². The van der Waals surface area contributed by atoms with Crippen molar-refractivity contribution in [2.24, 2.45) is 7.05 Å². The minimum absolute atomic E-state index is 0.0254. The van der Waals surface area contributed by atoms with Gasteiger partial charge in [-0.05, 0) is 31.2 Å². The van der Waals surface area contributed by atoms with E-state index >= 15 is 0 Å². The number of nitrogens with one attached hydrogen (secondary N) is 1. The number of rotatable bonds is 3. The smallest absolute Gasteiger partial charge is 0.337 e. The number of carboxylic acid groups (broad SMARTS) is 1. The van der Waals surface area contributed by atoms with Crippen molar-refractivity contribution in [3.05, 3.63) is 51.3 Å². The summed E-state index contributed by atoms with van der Waals surface area (Å²) < 4.78 is 1.69. The lowest BCUT2D eigenvalue weighted by Gasteiger charge is -2.12. The second-order valence-corrected chi connectivity index (χ2v) is 5.33. The molecule has 110 valence electrons. The van der Waals surface area contributed by atoms with Crippen LogP contribution in [0.25, 0.3) is 0 Å². The van der Waals surface area contributed by atoms with Crippen molar-refractivity contribution >= 4 is 40.8 Å². The Kier molecular flexibility index (Phi) is 4.25. The maximum atomic E-state index is 12.2. The highest BCUT2D eigenvalue weighted by molar-refractivity contribution is 6.38. The molecule has 0 aliphatic heterocycles. The highest BCUT2D eigenvalue weighted by Gasteiger charge is 2.19. The van der Waals surface area contributed by atoms with Gasteiger partial charge in [0.25, 0.3) is 5.91 Å². The lowest BCUT2D eigenvalue weighted by Crippen LogP contribution is -2.18. The Bertz CT molecular complexity index is 738. The molecular weight excluding hydrogens is 315 g/mol. The molecule has 5 nitrogen and oxygen atoms in total. The van der Waals surface area contributed by atoms with Crippen LogP contribution in [0.3, 0.4) is 0 Å². The number of hydrogen-bond acceptors (Lipinski definition) is 2. The number of aromatic nitrogens is 1. The van der Waals surface area contributed by atoms with Crippen molar-refractivity contribution in [3.8, 4) is 0 Å². The highest BCUT2D eigenvalue weighted by atomic mass is 35.5. The number of nitrogens with zero attached hydrogens (tertiary/aromatic N) is 1. The summed E-state index contributed by atoms with van der Waals surface area (Å²) in [4.78, 5) is 23.5. The van der Waals surface area contributed by atoms with E-state index in [0.29, 0.717) is 5.69 Å². The van der Waals surface area contributed by atoms with Crippen molar-refractivity contribution in [2.45, 2.75) is 6.92 Å².